The Morgan fingerprint density at radius 1 is 1.10 bits per heavy atom. The number of allylic oxidation sites excluding steroid dienone is 1. The molecular formula is C25H32F2N2O2. The first-order valence-electron chi connectivity index (χ1n) is 10.4. The van der Waals surface area contributed by atoms with E-state index in [-0.39, 0.29) is 6.04 Å². The molecule has 6 heteroatoms. The molecule has 0 unspecified atom stereocenters. The minimum Gasteiger partial charge on any atom is -0.444 e. The summed E-state index contributed by atoms with van der Waals surface area (Å²) in [7, 11) is 0. The van der Waals surface area contributed by atoms with E-state index in [1.807, 2.05) is 25.1 Å². The quantitative estimate of drug-likeness (QED) is 0.508. The molecule has 4 nitrogen and oxygen atoms in total. The summed E-state index contributed by atoms with van der Waals surface area (Å²) >= 11 is 0. The van der Waals surface area contributed by atoms with E-state index in [1.165, 1.54) is 12.1 Å². The maximum Gasteiger partial charge on any atom is 0.407 e. The second-order valence-corrected chi connectivity index (χ2v) is 8.77. The number of nitrogens with one attached hydrogen (secondary N) is 2. The minimum absolute atomic E-state index is 0.292. The summed E-state index contributed by atoms with van der Waals surface area (Å²) in [5, 5.41) is 6.18. The fraction of sp³-hybridized carbons (Fsp3) is 0.400. The van der Waals surface area contributed by atoms with Crippen LogP contribution in [0.15, 0.2) is 49.0 Å². The van der Waals surface area contributed by atoms with Crippen LogP contribution in [-0.4, -0.2) is 24.3 Å². The van der Waals surface area contributed by atoms with Gasteiger partial charge in [-0.1, -0.05) is 36.4 Å². The summed E-state index contributed by atoms with van der Waals surface area (Å²) in [5.41, 5.74) is 3.08. The van der Waals surface area contributed by atoms with Gasteiger partial charge in [0.1, 0.15) is 17.2 Å². The molecule has 168 valence electrons. The number of hydrogen-bond acceptors (Lipinski definition) is 3. The number of rotatable bonds is 9. The molecule has 0 aliphatic heterocycles. The lowest BCUT2D eigenvalue weighted by molar-refractivity contribution is 0.0502. The Morgan fingerprint density at radius 3 is 2.39 bits per heavy atom. The third-order valence-electron chi connectivity index (χ3n) is 4.54. The summed E-state index contributed by atoms with van der Waals surface area (Å²) in [5.74, 6) is -1.27. The average molecular weight is 431 g/mol. The van der Waals surface area contributed by atoms with E-state index in [2.05, 4.69) is 23.3 Å². The van der Waals surface area contributed by atoms with Crippen LogP contribution < -0.4 is 10.6 Å². The maximum atomic E-state index is 13.6. The zero-order chi connectivity index (χ0) is 23.0. The van der Waals surface area contributed by atoms with Crippen molar-refractivity contribution in [3.63, 3.8) is 0 Å². The van der Waals surface area contributed by atoms with E-state index < -0.39 is 23.3 Å². The van der Waals surface area contributed by atoms with Crippen molar-refractivity contribution in [1.29, 1.82) is 0 Å². The van der Waals surface area contributed by atoms with Crippen LogP contribution in [0.2, 0.25) is 0 Å². The Labute approximate surface area is 183 Å². The summed E-state index contributed by atoms with van der Waals surface area (Å²) in [6.07, 6.45) is 0.307. The zero-order valence-electron chi connectivity index (χ0n) is 18.7. The summed E-state index contributed by atoms with van der Waals surface area (Å²) in [4.78, 5) is 12.2. The Hall–Kier alpha value is -2.73. The van der Waals surface area contributed by atoms with Crippen molar-refractivity contribution < 1.29 is 18.3 Å². The third kappa shape index (κ3) is 9.30. The Morgan fingerprint density at radius 2 is 1.77 bits per heavy atom. The molecule has 2 rings (SSSR count). The van der Waals surface area contributed by atoms with Gasteiger partial charge in [0.2, 0.25) is 0 Å². The molecule has 31 heavy (non-hydrogen) atoms. The van der Waals surface area contributed by atoms with Gasteiger partial charge in [-0.3, -0.25) is 0 Å². The van der Waals surface area contributed by atoms with Gasteiger partial charge >= 0.3 is 6.09 Å². The van der Waals surface area contributed by atoms with E-state index in [0.29, 0.717) is 31.5 Å². The molecule has 2 N–H and O–H groups in total. The number of carbonyl (C=O) groups is 1. The first-order chi connectivity index (χ1) is 14.5. The van der Waals surface area contributed by atoms with Crippen LogP contribution >= 0.6 is 0 Å². The summed E-state index contributed by atoms with van der Waals surface area (Å²) < 4.78 is 32.5. The van der Waals surface area contributed by atoms with Gasteiger partial charge < -0.3 is 15.4 Å². The highest BCUT2D eigenvalue weighted by Gasteiger charge is 2.20. The number of carbonyl (C=O) groups excluding carboxylic acids is 1. The zero-order valence-corrected chi connectivity index (χ0v) is 18.7. The molecule has 2 aromatic carbocycles. The lowest BCUT2D eigenvalue weighted by Crippen LogP contribution is -2.41. The Balaban J connectivity index is 1.98. The molecule has 1 atom stereocenters. The molecule has 0 fully saturated rings. The monoisotopic (exact) mass is 430 g/mol. The van der Waals surface area contributed by atoms with Crippen molar-refractivity contribution in [2.45, 2.75) is 58.7 Å². The second-order valence-electron chi connectivity index (χ2n) is 8.77. The van der Waals surface area contributed by atoms with Crippen LogP contribution in [0.3, 0.4) is 0 Å². The number of amides is 1. The molecule has 0 bridgehead atoms. The van der Waals surface area contributed by atoms with Crippen LogP contribution in [0.25, 0.3) is 5.57 Å². The highest BCUT2D eigenvalue weighted by molar-refractivity contribution is 5.68. The molecule has 0 aliphatic carbocycles. The van der Waals surface area contributed by atoms with Gasteiger partial charge in [0, 0.05) is 18.7 Å². The van der Waals surface area contributed by atoms with E-state index in [0.717, 1.165) is 22.8 Å². The SMILES string of the molecule is C=C(C)c1cccc(CNCC[C@H](Cc2cc(F)cc(F)c2)NC(=O)OC(C)(C)C)c1. The first-order valence-corrected chi connectivity index (χ1v) is 10.4. The predicted octanol–water partition coefficient (Wildman–Crippen LogP) is 5.61. The minimum atomic E-state index is -0.637. The topological polar surface area (TPSA) is 50.4 Å². The number of hydrogen-bond donors (Lipinski definition) is 2. The van der Waals surface area contributed by atoms with E-state index in [1.54, 1.807) is 20.8 Å². The normalized spacial score (nSPS) is 12.3. The molecule has 0 heterocycles. The molecule has 0 saturated carbocycles. The van der Waals surface area contributed by atoms with Gasteiger partial charge in [-0.15, -0.1) is 0 Å². The molecule has 0 aliphatic rings. The van der Waals surface area contributed by atoms with Crippen LogP contribution in [0, 0.1) is 11.6 Å². The molecule has 0 radical (unpaired) electrons. The van der Waals surface area contributed by atoms with Crippen molar-refractivity contribution in [2.75, 3.05) is 6.54 Å². The van der Waals surface area contributed by atoms with Crippen LogP contribution in [0.1, 0.15) is 50.8 Å². The van der Waals surface area contributed by atoms with E-state index in [9.17, 15) is 13.6 Å². The average Bonchev–Trinajstić information content (AvgIpc) is 2.63. The van der Waals surface area contributed by atoms with Gasteiger partial charge in [0.25, 0.3) is 0 Å². The van der Waals surface area contributed by atoms with Gasteiger partial charge in [-0.05, 0) is 75.9 Å². The van der Waals surface area contributed by atoms with E-state index >= 15 is 0 Å². The molecular weight excluding hydrogens is 398 g/mol. The Bertz CT molecular complexity index is 886. The molecule has 0 spiro atoms. The molecule has 1 amide bonds. The van der Waals surface area contributed by atoms with E-state index in [4.69, 9.17) is 4.74 Å². The largest absolute Gasteiger partial charge is 0.444 e. The molecule has 2 aromatic rings. The lowest BCUT2D eigenvalue weighted by atomic mass is 10.0. The predicted molar refractivity (Wildman–Crippen MR) is 121 cm³/mol. The van der Waals surface area contributed by atoms with Crippen molar-refractivity contribution in [1.82, 2.24) is 10.6 Å². The van der Waals surface area contributed by atoms with Crippen LogP contribution in [0.5, 0.6) is 0 Å². The number of alkyl carbamates (subject to hydrolysis) is 1. The molecule has 0 aromatic heterocycles. The maximum absolute atomic E-state index is 13.6. The van der Waals surface area contributed by atoms with Crippen LogP contribution in [-0.2, 0) is 17.7 Å². The molecule has 0 saturated heterocycles. The second kappa shape index (κ2) is 11.0. The lowest BCUT2D eigenvalue weighted by Gasteiger charge is -2.24. The van der Waals surface area contributed by atoms with Gasteiger partial charge in [-0.2, -0.15) is 0 Å². The fourth-order valence-corrected chi connectivity index (χ4v) is 3.17. The van der Waals surface area contributed by atoms with Crippen molar-refractivity contribution >= 4 is 11.7 Å². The Kier molecular flexibility index (Phi) is 8.75. The highest BCUT2D eigenvalue weighted by atomic mass is 19.1. The van der Waals surface area contributed by atoms with Crippen molar-refractivity contribution in [3.05, 3.63) is 77.4 Å². The van der Waals surface area contributed by atoms with Crippen molar-refractivity contribution in [2.24, 2.45) is 0 Å². The van der Waals surface area contributed by atoms with Gasteiger partial charge in [0.05, 0.1) is 0 Å². The number of benzene rings is 2. The summed E-state index contributed by atoms with van der Waals surface area (Å²) in [6.45, 7) is 12.5. The standard InChI is InChI=1S/C25H32F2N2O2/c1-17(2)20-8-6-7-18(11-20)16-28-10-9-23(29-24(30)31-25(3,4)5)14-19-12-21(26)15-22(27)13-19/h6-8,11-13,15,23,28H,1,9-10,14,16H2,2-5H3,(H,29,30)/t23-/m1/s1. The smallest absolute Gasteiger partial charge is 0.407 e. The highest BCUT2D eigenvalue weighted by Crippen LogP contribution is 2.14. The summed E-state index contributed by atoms with van der Waals surface area (Å²) in [6, 6.07) is 11.2. The number of ether oxygens (including phenoxy) is 1. The first kappa shape index (κ1) is 24.5. The third-order valence-corrected chi connectivity index (χ3v) is 4.54. The van der Waals surface area contributed by atoms with Crippen LogP contribution in [0.4, 0.5) is 13.6 Å². The van der Waals surface area contributed by atoms with Crippen molar-refractivity contribution in [3.8, 4) is 0 Å². The number of halogens is 2. The van der Waals surface area contributed by atoms with Gasteiger partial charge in [0.15, 0.2) is 0 Å². The van der Waals surface area contributed by atoms with Gasteiger partial charge in [-0.25, -0.2) is 13.6 Å². The fourth-order valence-electron chi connectivity index (χ4n) is 3.17.